The highest BCUT2D eigenvalue weighted by molar-refractivity contribution is 7.07. The zero-order valence-electron chi connectivity index (χ0n) is 15.1. The first-order chi connectivity index (χ1) is 13.3. The van der Waals surface area contributed by atoms with E-state index in [0.29, 0.717) is 6.61 Å². The van der Waals surface area contributed by atoms with E-state index >= 15 is 0 Å². The largest absolute Gasteiger partial charge is 0.460 e. The molecule has 0 N–H and O–H groups in total. The predicted octanol–water partition coefficient (Wildman–Crippen LogP) is 2.40. The molecule has 3 aromatic carbocycles. The molecule has 0 saturated carbocycles. The predicted molar refractivity (Wildman–Crippen MR) is 111 cm³/mol. The van der Waals surface area contributed by atoms with Crippen LogP contribution in [0.3, 0.4) is 0 Å². The zero-order chi connectivity index (χ0) is 19.0. The number of carbonyl (C=O) groups excluding carboxylic acids is 1. The van der Waals surface area contributed by atoms with Crippen LogP contribution in [0.1, 0.15) is 0 Å². The van der Waals surface area contributed by atoms with Gasteiger partial charge in [0, 0.05) is 6.08 Å². The van der Waals surface area contributed by atoms with Crippen LogP contribution in [0.5, 0.6) is 0 Å². The van der Waals surface area contributed by atoms with Gasteiger partial charge in [0.05, 0.1) is 6.61 Å². The summed E-state index contributed by atoms with van der Waals surface area (Å²) >= 11 is 0. The van der Waals surface area contributed by atoms with Crippen LogP contribution < -0.4 is 15.6 Å². The lowest BCUT2D eigenvalue weighted by Gasteiger charge is -2.33. The average molecular weight is 375 g/mol. The molecule has 0 aliphatic heterocycles. The van der Waals surface area contributed by atoms with Gasteiger partial charge in [-0.1, -0.05) is 97.6 Å². The molecule has 0 radical (unpaired) electrons. The average Bonchev–Trinajstić information content (AvgIpc) is 2.75. The molecule has 0 unspecified atom stereocenters. The molecule has 0 fully saturated rings. The van der Waals surface area contributed by atoms with E-state index in [-0.39, 0.29) is 6.61 Å². The van der Waals surface area contributed by atoms with E-state index in [1.807, 2.05) is 54.6 Å². The van der Waals surface area contributed by atoms with E-state index in [9.17, 15) is 4.79 Å². The quantitative estimate of drug-likeness (QED) is 0.200. The number of ether oxygens (including phenoxy) is 1. The number of carbonyl (C=O) groups is 1. The lowest BCUT2D eigenvalue weighted by Crippen LogP contribution is -2.69. The summed E-state index contributed by atoms with van der Waals surface area (Å²) in [4.78, 5) is 11.4. The molecule has 0 atom stereocenters. The molecule has 0 heterocycles. The van der Waals surface area contributed by atoms with Crippen molar-refractivity contribution in [2.45, 2.75) is 0 Å². The zero-order valence-corrected chi connectivity index (χ0v) is 16.1. The lowest BCUT2D eigenvalue weighted by atomic mass is 10.3. The molecule has 4 heteroatoms. The lowest BCUT2D eigenvalue weighted by molar-refractivity contribution is -0.138. The molecule has 0 spiro atoms. The topological polar surface area (TPSA) is 35.5 Å². The van der Waals surface area contributed by atoms with Crippen LogP contribution in [0.15, 0.2) is 104 Å². The Morgan fingerprint density at radius 2 is 1.15 bits per heavy atom. The maximum Gasteiger partial charge on any atom is 0.330 e. The van der Waals surface area contributed by atoms with Crippen molar-refractivity contribution in [3.8, 4) is 0 Å². The molecule has 0 bridgehead atoms. The van der Waals surface area contributed by atoms with E-state index in [1.165, 1.54) is 0 Å². The van der Waals surface area contributed by atoms with E-state index in [4.69, 9.17) is 9.16 Å². The van der Waals surface area contributed by atoms with Crippen molar-refractivity contribution >= 4 is 29.8 Å². The summed E-state index contributed by atoms with van der Waals surface area (Å²) in [5.74, 6) is -0.440. The second-order valence-corrected chi connectivity index (χ2v) is 9.38. The van der Waals surface area contributed by atoms with Crippen molar-refractivity contribution < 1.29 is 14.0 Å². The van der Waals surface area contributed by atoms with Crippen LogP contribution in [-0.2, 0) is 14.0 Å². The molecule has 0 amide bonds. The van der Waals surface area contributed by atoms with E-state index in [1.54, 1.807) is 0 Å². The number of benzene rings is 3. The molecule has 27 heavy (non-hydrogen) atoms. The summed E-state index contributed by atoms with van der Waals surface area (Å²) in [6.45, 7) is 3.92. The molecule has 0 aromatic heterocycles. The highest BCUT2D eigenvalue weighted by atomic mass is 28.4. The highest BCUT2D eigenvalue weighted by Crippen LogP contribution is 2.09. The summed E-state index contributed by atoms with van der Waals surface area (Å²) in [5, 5.41) is 3.45. The molecule has 3 nitrogen and oxygen atoms in total. The van der Waals surface area contributed by atoms with Gasteiger partial charge in [0.15, 0.2) is 0 Å². The second-order valence-electron chi connectivity index (χ2n) is 6.00. The van der Waals surface area contributed by atoms with Gasteiger partial charge >= 0.3 is 5.97 Å². The van der Waals surface area contributed by atoms with Gasteiger partial charge in [-0.25, -0.2) is 4.79 Å². The van der Waals surface area contributed by atoms with Gasteiger partial charge in [0.1, 0.15) is 6.61 Å². The minimum atomic E-state index is -2.72. The van der Waals surface area contributed by atoms with Gasteiger partial charge in [-0.2, -0.15) is 0 Å². The number of hydrogen-bond donors (Lipinski definition) is 0. The van der Waals surface area contributed by atoms with Gasteiger partial charge in [-0.3, -0.25) is 0 Å². The second kappa shape index (κ2) is 9.12. The van der Waals surface area contributed by atoms with Gasteiger partial charge in [0.25, 0.3) is 8.32 Å². The van der Waals surface area contributed by atoms with Crippen LogP contribution in [0.2, 0.25) is 0 Å². The summed E-state index contributed by atoms with van der Waals surface area (Å²) in [5.41, 5.74) is 0. The first kappa shape index (κ1) is 18.8. The Hall–Kier alpha value is -2.95. The van der Waals surface area contributed by atoms with Gasteiger partial charge < -0.3 is 9.16 Å². The van der Waals surface area contributed by atoms with Crippen molar-refractivity contribution in [1.29, 1.82) is 0 Å². The maximum atomic E-state index is 11.4. The molecule has 0 aliphatic rings. The fraction of sp³-hybridized carbons (Fsp3) is 0.0870. The summed E-state index contributed by atoms with van der Waals surface area (Å²) in [6.07, 6.45) is 1.16. The smallest absolute Gasteiger partial charge is 0.330 e. The molecule has 3 rings (SSSR count). The Morgan fingerprint density at radius 3 is 1.52 bits per heavy atom. The minimum absolute atomic E-state index is 0.187. The Bertz CT molecular complexity index is 767. The molecular formula is C23H22O3Si. The summed E-state index contributed by atoms with van der Waals surface area (Å²) in [7, 11) is -2.72. The monoisotopic (exact) mass is 374 g/mol. The Balaban J connectivity index is 2.05. The summed E-state index contributed by atoms with van der Waals surface area (Å²) < 4.78 is 11.7. The number of esters is 1. The van der Waals surface area contributed by atoms with Crippen molar-refractivity contribution in [1.82, 2.24) is 0 Å². The highest BCUT2D eigenvalue weighted by Gasteiger charge is 2.41. The van der Waals surface area contributed by atoms with E-state index in [0.717, 1.165) is 21.6 Å². The third-order valence-corrected chi connectivity index (χ3v) is 8.43. The molecule has 136 valence electrons. The third-order valence-electron chi connectivity index (χ3n) is 4.35. The summed E-state index contributed by atoms with van der Waals surface area (Å²) in [6, 6.07) is 30.9. The van der Waals surface area contributed by atoms with Crippen LogP contribution >= 0.6 is 0 Å². The van der Waals surface area contributed by atoms with Crippen molar-refractivity contribution in [2.75, 3.05) is 13.2 Å². The number of hydrogen-bond acceptors (Lipinski definition) is 3. The fourth-order valence-corrected chi connectivity index (χ4v) is 7.04. The Labute approximate surface area is 161 Å². The Morgan fingerprint density at radius 1 is 0.741 bits per heavy atom. The van der Waals surface area contributed by atoms with Crippen LogP contribution in [0, 0.1) is 0 Å². The third kappa shape index (κ3) is 4.24. The van der Waals surface area contributed by atoms with Crippen molar-refractivity contribution in [3.05, 3.63) is 104 Å². The first-order valence-corrected chi connectivity index (χ1v) is 10.8. The van der Waals surface area contributed by atoms with Crippen molar-refractivity contribution in [2.24, 2.45) is 0 Å². The van der Waals surface area contributed by atoms with Crippen molar-refractivity contribution in [3.63, 3.8) is 0 Å². The molecule has 3 aromatic rings. The fourth-order valence-electron chi connectivity index (χ4n) is 3.16. The van der Waals surface area contributed by atoms with Gasteiger partial charge in [0.2, 0.25) is 0 Å². The Kier molecular flexibility index (Phi) is 6.36. The molecule has 0 saturated heterocycles. The first-order valence-electron chi connectivity index (χ1n) is 8.87. The van der Waals surface area contributed by atoms with E-state index < -0.39 is 14.3 Å². The van der Waals surface area contributed by atoms with Crippen LogP contribution in [0.25, 0.3) is 0 Å². The standard InChI is InChI=1S/C23H22O3Si/c1-2-23(24)25-18-19-26-27(20-12-6-3-7-13-20,21-14-8-4-9-15-21)22-16-10-5-11-17-22/h2-17H,1,18-19H2. The number of rotatable bonds is 8. The maximum absolute atomic E-state index is 11.4. The minimum Gasteiger partial charge on any atom is -0.460 e. The normalized spacial score (nSPS) is 11.0. The van der Waals surface area contributed by atoms with Gasteiger partial charge in [-0.05, 0) is 15.6 Å². The van der Waals surface area contributed by atoms with E-state index in [2.05, 4.69) is 43.0 Å². The van der Waals surface area contributed by atoms with Gasteiger partial charge in [-0.15, -0.1) is 0 Å². The molecular weight excluding hydrogens is 352 g/mol. The van der Waals surface area contributed by atoms with Crippen LogP contribution in [0.4, 0.5) is 0 Å². The van der Waals surface area contributed by atoms with Crippen LogP contribution in [-0.4, -0.2) is 27.5 Å². The SMILES string of the molecule is C=CC(=O)OCCO[Si](c1ccccc1)(c1ccccc1)c1ccccc1. The molecule has 0 aliphatic carbocycles.